The second-order valence-corrected chi connectivity index (χ2v) is 7.25. The van der Waals surface area contributed by atoms with Crippen LogP contribution in [0.15, 0.2) is 46.1 Å². The standard InChI is InChI=1S/C18H19N3OS2/c1-2-3-7-10-21-17(22)15(24-18(21)23)11-14-12-19-20-16(14)13-8-5-4-6-9-13/h4-6,8-9,11-12,22H,2-3,7,10H2,1H3/b14-11+. The number of benzene rings is 1. The highest BCUT2D eigenvalue weighted by Crippen LogP contribution is 2.30. The van der Waals surface area contributed by atoms with E-state index in [1.807, 2.05) is 41.0 Å². The van der Waals surface area contributed by atoms with Crippen molar-refractivity contribution in [3.05, 3.63) is 50.3 Å². The van der Waals surface area contributed by atoms with Gasteiger partial charge in [0.1, 0.15) is 5.71 Å². The lowest BCUT2D eigenvalue weighted by Gasteiger charge is -2.04. The fraction of sp³-hybridized carbons (Fsp3) is 0.278. The highest BCUT2D eigenvalue weighted by Gasteiger charge is 2.16. The molecule has 3 rings (SSSR count). The van der Waals surface area contributed by atoms with Crippen LogP contribution in [-0.2, 0) is 6.54 Å². The maximum absolute atomic E-state index is 10.5. The highest BCUT2D eigenvalue weighted by molar-refractivity contribution is 7.73. The van der Waals surface area contributed by atoms with Gasteiger partial charge in [0.05, 0.1) is 11.1 Å². The molecule has 124 valence electrons. The van der Waals surface area contributed by atoms with Crippen LogP contribution in [0.1, 0.15) is 36.6 Å². The molecule has 4 nitrogen and oxygen atoms in total. The van der Waals surface area contributed by atoms with Gasteiger partial charge in [0.2, 0.25) is 5.88 Å². The smallest absolute Gasteiger partial charge is 0.210 e. The summed E-state index contributed by atoms with van der Waals surface area (Å²) in [4.78, 5) is 0.753. The Labute approximate surface area is 150 Å². The van der Waals surface area contributed by atoms with E-state index in [-0.39, 0.29) is 5.88 Å². The summed E-state index contributed by atoms with van der Waals surface area (Å²) >= 11 is 6.82. The topological polar surface area (TPSA) is 49.9 Å². The van der Waals surface area contributed by atoms with Crippen LogP contribution in [0.5, 0.6) is 5.88 Å². The van der Waals surface area contributed by atoms with E-state index in [9.17, 15) is 5.11 Å². The molecule has 0 aliphatic carbocycles. The molecule has 1 aromatic heterocycles. The quantitative estimate of drug-likeness (QED) is 0.581. The molecule has 1 aromatic carbocycles. The first-order chi connectivity index (χ1) is 11.7. The van der Waals surface area contributed by atoms with Crippen LogP contribution in [0.4, 0.5) is 0 Å². The predicted molar refractivity (Wildman–Crippen MR) is 104 cm³/mol. The molecule has 0 unspecified atom stereocenters. The third kappa shape index (κ3) is 3.55. The van der Waals surface area contributed by atoms with E-state index in [1.165, 1.54) is 11.3 Å². The third-order valence-electron chi connectivity index (χ3n) is 3.84. The van der Waals surface area contributed by atoms with Gasteiger partial charge in [0.25, 0.3) is 0 Å². The molecule has 0 radical (unpaired) electrons. The molecule has 0 fully saturated rings. The lowest BCUT2D eigenvalue weighted by atomic mass is 10.0. The second-order valence-electron chi connectivity index (χ2n) is 5.57. The van der Waals surface area contributed by atoms with Crippen molar-refractivity contribution in [1.29, 1.82) is 0 Å². The van der Waals surface area contributed by atoms with E-state index >= 15 is 0 Å². The summed E-state index contributed by atoms with van der Waals surface area (Å²) in [6.45, 7) is 2.92. The van der Waals surface area contributed by atoms with Crippen molar-refractivity contribution in [3.63, 3.8) is 0 Å². The summed E-state index contributed by atoms with van der Waals surface area (Å²) in [5.41, 5.74) is 2.70. The van der Waals surface area contributed by atoms with Crippen LogP contribution >= 0.6 is 23.6 Å². The lowest BCUT2D eigenvalue weighted by Crippen LogP contribution is -2.02. The zero-order valence-electron chi connectivity index (χ0n) is 13.5. The van der Waals surface area contributed by atoms with Crippen LogP contribution in [0.2, 0.25) is 0 Å². The molecule has 6 heteroatoms. The molecular weight excluding hydrogens is 338 g/mol. The predicted octanol–water partition coefficient (Wildman–Crippen LogP) is 5.05. The Kier molecular flexibility index (Phi) is 5.37. The van der Waals surface area contributed by atoms with Gasteiger partial charge in [-0.25, -0.2) is 0 Å². The van der Waals surface area contributed by atoms with Gasteiger partial charge in [0.15, 0.2) is 3.95 Å². The number of thiazole rings is 1. The Morgan fingerprint density at radius 1 is 1.25 bits per heavy atom. The van der Waals surface area contributed by atoms with E-state index in [0.29, 0.717) is 3.95 Å². The molecule has 0 amide bonds. The van der Waals surface area contributed by atoms with Gasteiger partial charge in [0, 0.05) is 17.7 Å². The number of hydrogen-bond acceptors (Lipinski definition) is 5. The fourth-order valence-electron chi connectivity index (χ4n) is 2.56. The highest BCUT2D eigenvalue weighted by atomic mass is 32.1. The molecule has 0 saturated heterocycles. The van der Waals surface area contributed by atoms with Crippen molar-refractivity contribution in [2.24, 2.45) is 10.2 Å². The number of unbranched alkanes of at least 4 members (excludes halogenated alkanes) is 2. The molecule has 24 heavy (non-hydrogen) atoms. The number of aromatic nitrogens is 1. The number of nitrogens with zero attached hydrogens (tertiary/aromatic N) is 3. The van der Waals surface area contributed by atoms with E-state index in [2.05, 4.69) is 17.1 Å². The summed E-state index contributed by atoms with van der Waals surface area (Å²) in [7, 11) is 0. The Morgan fingerprint density at radius 3 is 2.79 bits per heavy atom. The van der Waals surface area contributed by atoms with Crippen LogP contribution in [0.25, 0.3) is 6.08 Å². The normalized spacial score (nSPS) is 15.2. The molecule has 1 aliphatic rings. The van der Waals surface area contributed by atoms with Gasteiger partial charge in [-0.2, -0.15) is 5.10 Å². The Hall–Kier alpha value is -2.05. The Balaban J connectivity index is 1.89. The average Bonchev–Trinajstić information content (AvgIpc) is 3.16. The average molecular weight is 358 g/mol. The summed E-state index contributed by atoms with van der Waals surface area (Å²) in [6.07, 6.45) is 6.91. The molecular formula is C18H19N3OS2. The van der Waals surface area contributed by atoms with Gasteiger partial charge >= 0.3 is 0 Å². The SMILES string of the molecule is CCCCCn1c(O)c(/C=C2\C=NN=C2c2ccccc2)sc1=S. The van der Waals surface area contributed by atoms with Gasteiger partial charge in [-0.3, -0.25) is 4.57 Å². The van der Waals surface area contributed by atoms with Crippen molar-refractivity contribution >= 4 is 41.6 Å². The van der Waals surface area contributed by atoms with Crippen molar-refractivity contribution in [3.8, 4) is 5.88 Å². The minimum Gasteiger partial charge on any atom is -0.493 e. The van der Waals surface area contributed by atoms with E-state index in [0.717, 1.165) is 47.5 Å². The van der Waals surface area contributed by atoms with Crippen molar-refractivity contribution < 1.29 is 5.11 Å². The van der Waals surface area contributed by atoms with Crippen LogP contribution < -0.4 is 0 Å². The maximum atomic E-state index is 10.5. The summed E-state index contributed by atoms with van der Waals surface area (Å²) < 4.78 is 2.51. The van der Waals surface area contributed by atoms with Crippen molar-refractivity contribution in [1.82, 2.24) is 4.57 Å². The number of rotatable bonds is 6. The summed E-state index contributed by atoms with van der Waals surface area (Å²) in [6, 6.07) is 9.91. The fourth-order valence-corrected chi connectivity index (χ4v) is 3.87. The van der Waals surface area contributed by atoms with Gasteiger partial charge in [-0.15, -0.1) is 16.4 Å². The van der Waals surface area contributed by atoms with E-state index < -0.39 is 0 Å². The largest absolute Gasteiger partial charge is 0.493 e. The molecule has 0 spiro atoms. The van der Waals surface area contributed by atoms with Crippen LogP contribution in [0, 0.1) is 3.95 Å². The van der Waals surface area contributed by atoms with Crippen LogP contribution in [0.3, 0.4) is 0 Å². The first-order valence-corrected chi connectivity index (χ1v) is 9.24. The molecule has 1 N–H and O–H groups in total. The minimum absolute atomic E-state index is 0.237. The number of aromatic hydroxyl groups is 1. The van der Waals surface area contributed by atoms with Crippen molar-refractivity contribution in [2.75, 3.05) is 0 Å². The zero-order valence-corrected chi connectivity index (χ0v) is 15.1. The van der Waals surface area contributed by atoms with Crippen molar-refractivity contribution in [2.45, 2.75) is 32.7 Å². The minimum atomic E-state index is 0.237. The van der Waals surface area contributed by atoms with Gasteiger partial charge in [-0.1, -0.05) is 50.1 Å². The monoisotopic (exact) mass is 357 g/mol. The zero-order chi connectivity index (χ0) is 16.9. The first-order valence-electron chi connectivity index (χ1n) is 8.02. The van der Waals surface area contributed by atoms with Gasteiger partial charge in [-0.05, 0) is 24.7 Å². The number of allylic oxidation sites excluding steroid dienone is 1. The van der Waals surface area contributed by atoms with Crippen LogP contribution in [-0.4, -0.2) is 21.6 Å². The molecule has 2 aromatic rings. The lowest BCUT2D eigenvalue weighted by molar-refractivity contribution is 0.408. The Bertz CT molecular complexity index is 860. The van der Waals surface area contributed by atoms with E-state index in [4.69, 9.17) is 12.2 Å². The maximum Gasteiger partial charge on any atom is 0.210 e. The molecule has 0 saturated carbocycles. The molecule has 2 heterocycles. The second kappa shape index (κ2) is 7.68. The number of hydrogen-bond donors (Lipinski definition) is 1. The molecule has 0 bridgehead atoms. The first kappa shape index (κ1) is 16.8. The molecule has 0 atom stereocenters. The van der Waals surface area contributed by atoms with E-state index in [1.54, 1.807) is 6.21 Å². The Morgan fingerprint density at radius 2 is 2.04 bits per heavy atom. The third-order valence-corrected chi connectivity index (χ3v) is 5.23. The van der Waals surface area contributed by atoms with Gasteiger partial charge < -0.3 is 5.11 Å². The summed E-state index contributed by atoms with van der Waals surface area (Å²) in [5, 5.41) is 18.7. The molecule has 1 aliphatic heterocycles. The summed E-state index contributed by atoms with van der Waals surface area (Å²) in [5.74, 6) is 0.237.